The van der Waals surface area contributed by atoms with Crippen molar-refractivity contribution in [2.75, 3.05) is 0 Å². The highest BCUT2D eigenvalue weighted by Gasteiger charge is 2.17. The van der Waals surface area contributed by atoms with E-state index in [2.05, 4.69) is 13.8 Å². The van der Waals surface area contributed by atoms with E-state index < -0.39 is 5.66 Å². The zero-order valence-electron chi connectivity index (χ0n) is 19.2. The van der Waals surface area contributed by atoms with E-state index in [4.69, 9.17) is 11.5 Å². The SMILES string of the molecule is CCCCCCCCCCCCC(N)(N)CCCCCCCCCCCC. The average Bonchev–Trinajstić information content (AvgIpc) is 2.64. The second kappa shape index (κ2) is 20.6. The molecule has 0 unspecified atom stereocenters. The molecule has 0 aliphatic carbocycles. The van der Waals surface area contributed by atoms with E-state index in [0.717, 1.165) is 12.8 Å². The summed E-state index contributed by atoms with van der Waals surface area (Å²) in [5.41, 5.74) is 12.2. The maximum Gasteiger partial charge on any atom is 0.0636 e. The minimum absolute atomic E-state index is 0.416. The van der Waals surface area contributed by atoms with Gasteiger partial charge in [0.1, 0.15) is 0 Å². The Hall–Kier alpha value is -0.0800. The molecular weight excluding hydrogens is 328 g/mol. The highest BCUT2D eigenvalue weighted by atomic mass is 14.9. The Labute approximate surface area is 172 Å². The van der Waals surface area contributed by atoms with Crippen LogP contribution in [-0.2, 0) is 0 Å². The molecule has 0 aromatic heterocycles. The van der Waals surface area contributed by atoms with E-state index in [1.807, 2.05) is 0 Å². The molecule has 0 aromatic carbocycles. The lowest BCUT2D eigenvalue weighted by Gasteiger charge is -2.24. The van der Waals surface area contributed by atoms with Crippen molar-refractivity contribution >= 4 is 0 Å². The second-order valence-corrected chi connectivity index (χ2v) is 9.10. The molecule has 0 rings (SSSR count). The van der Waals surface area contributed by atoms with Crippen LogP contribution in [0.5, 0.6) is 0 Å². The molecule has 0 radical (unpaired) electrons. The molecule has 164 valence electrons. The van der Waals surface area contributed by atoms with Crippen molar-refractivity contribution in [3.05, 3.63) is 0 Å². The topological polar surface area (TPSA) is 52.0 Å². The van der Waals surface area contributed by atoms with Crippen molar-refractivity contribution in [2.24, 2.45) is 11.5 Å². The van der Waals surface area contributed by atoms with Gasteiger partial charge in [0.15, 0.2) is 0 Å². The van der Waals surface area contributed by atoms with Crippen LogP contribution < -0.4 is 11.5 Å². The Balaban J connectivity index is 3.31. The third-order valence-corrected chi connectivity index (χ3v) is 5.99. The zero-order chi connectivity index (χ0) is 20.1. The molecule has 0 spiro atoms. The summed E-state index contributed by atoms with van der Waals surface area (Å²) in [5, 5.41) is 0. The molecule has 0 bridgehead atoms. The van der Waals surface area contributed by atoms with Gasteiger partial charge >= 0.3 is 0 Å². The average molecular weight is 383 g/mol. The van der Waals surface area contributed by atoms with Gasteiger partial charge in [-0.3, -0.25) is 0 Å². The molecular formula is C25H54N2. The molecule has 2 nitrogen and oxygen atoms in total. The maximum absolute atomic E-state index is 6.31. The fourth-order valence-corrected chi connectivity index (χ4v) is 4.01. The number of hydrogen-bond acceptors (Lipinski definition) is 2. The Morgan fingerprint density at radius 3 is 0.852 bits per heavy atom. The first kappa shape index (κ1) is 26.9. The fraction of sp³-hybridized carbons (Fsp3) is 1.00. The molecule has 4 N–H and O–H groups in total. The maximum atomic E-state index is 6.31. The van der Waals surface area contributed by atoms with E-state index in [9.17, 15) is 0 Å². The Bertz CT molecular complexity index is 249. The van der Waals surface area contributed by atoms with Crippen LogP contribution in [0.15, 0.2) is 0 Å². The number of rotatable bonds is 22. The fourth-order valence-electron chi connectivity index (χ4n) is 4.01. The minimum Gasteiger partial charge on any atom is -0.313 e. The predicted molar refractivity (Wildman–Crippen MR) is 124 cm³/mol. The largest absolute Gasteiger partial charge is 0.313 e. The summed E-state index contributed by atoms with van der Waals surface area (Å²) in [6.45, 7) is 4.57. The van der Waals surface area contributed by atoms with E-state index in [0.29, 0.717) is 0 Å². The molecule has 0 heterocycles. The predicted octanol–water partition coefficient (Wildman–Crippen LogP) is 8.22. The molecule has 0 amide bonds. The van der Waals surface area contributed by atoms with Gasteiger partial charge in [-0.2, -0.15) is 0 Å². The van der Waals surface area contributed by atoms with E-state index in [-0.39, 0.29) is 0 Å². The third kappa shape index (κ3) is 22.1. The highest BCUT2D eigenvalue weighted by Crippen LogP contribution is 2.18. The van der Waals surface area contributed by atoms with Gasteiger partial charge in [-0.15, -0.1) is 0 Å². The van der Waals surface area contributed by atoms with E-state index >= 15 is 0 Å². The first-order valence-electron chi connectivity index (χ1n) is 12.7. The van der Waals surface area contributed by atoms with E-state index in [1.165, 1.54) is 128 Å². The molecule has 27 heavy (non-hydrogen) atoms. The van der Waals surface area contributed by atoms with Gasteiger partial charge in [-0.25, -0.2) is 0 Å². The van der Waals surface area contributed by atoms with Gasteiger partial charge in [0.25, 0.3) is 0 Å². The standard InChI is InChI=1S/C25H54N2/c1-3-5-7-9-11-13-15-17-19-21-23-25(26,27)24-22-20-18-16-14-12-10-8-6-4-2/h3-24,26-27H2,1-2H3. The molecule has 0 aliphatic rings. The van der Waals surface area contributed by atoms with Crippen LogP contribution >= 0.6 is 0 Å². The van der Waals surface area contributed by atoms with Crippen LogP contribution in [0.3, 0.4) is 0 Å². The van der Waals surface area contributed by atoms with Crippen molar-refractivity contribution in [1.29, 1.82) is 0 Å². The van der Waals surface area contributed by atoms with Crippen molar-refractivity contribution < 1.29 is 0 Å². The van der Waals surface area contributed by atoms with Gasteiger partial charge in [-0.05, 0) is 12.8 Å². The van der Waals surface area contributed by atoms with Crippen LogP contribution in [0.1, 0.15) is 155 Å². The summed E-state index contributed by atoms with van der Waals surface area (Å²) in [6.07, 6.45) is 29.5. The number of unbranched alkanes of at least 4 members (excludes halogenated alkanes) is 18. The van der Waals surface area contributed by atoms with Crippen molar-refractivity contribution in [3.8, 4) is 0 Å². The lowest BCUT2D eigenvalue weighted by Crippen LogP contribution is -2.49. The van der Waals surface area contributed by atoms with Crippen molar-refractivity contribution in [2.45, 2.75) is 161 Å². The molecule has 0 fully saturated rings. The summed E-state index contributed by atoms with van der Waals surface area (Å²) in [7, 11) is 0. The van der Waals surface area contributed by atoms with Gasteiger partial charge in [-0.1, -0.05) is 142 Å². The van der Waals surface area contributed by atoms with E-state index in [1.54, 1.807) is 0 Å². The van der Waals surface area contributed by atoms with Crippen LogP contribution in [-0.4, -0.2) is 5.66 Å². The number of hydrogen-bond donors (Lipinski definition) is 2. The molecule has 0 saturated heterocycles. The molecule has 0 aromatic rings. The van der Waals surface area contributed by atoms with Gasteiger partial charge < -0.3 is 11.5 Å². The third-order valence-electron chi connectivity index (χ3n) is 5.99. The van der Waals surface area contributed by atoms with Gasteiger partial charge in [0.2, 0.25) is 0 Å². The monoisotopic (exact) mass is 382 g/mol. The molecule has 0 aliphatic heterocycles. The summed E-state index contributed by atoms with van der Waals surface area (Å²) < 4.78 is 0. The summed E-state index contributed by atoms with van der Waals surface area (Å²) in [5.74, 6) is 0. The quantitative estimate of drug-likeness (QED) is 0.146. The molecule has 0 saturated carbocycles. The van der Waals surface area contributed by atoms with Gasteiger partial charge in [0.05, 0.1) is 5.66 Å². The second-order valence-electron chi connectivity index (χ2n) is 9.10. The first-order chi connectivity index (χ1) is 13.1. The van der Waals surface area contributed by atoms with Crippen LogP contribution in [0.4, 0.5) is 0 Å². The summed E-state index contributed by atoms with van der Waals surface area (Å²) in [4.78, 5) is 0. The lowest BCUT2D eigenvalue weighted by atomic mass is 9.95. The molecule has 2 heteroatoms. The van der Waals surface area contributed by atoms with Gasteiger partial charge in [0, 0.05) is 0 Å². The smallest absolute Gasteiger partial charge is 0.0636 e. The van der Waals surface area contributed by atoms with Crippen molar-refractivity contribution in [1.82, 2.24) is 0 Å². The number of nitrogens with two attached hydrogens (primary N) is 2. The first-order valence-corrected chi connectivity index (χ1v) is 12.7. The van der Waals surface area contributed by atoms with Crippen LogP contribution in [0.25, 0.3) is 0 Å². The molecule has 0 atom stereocenters. The normalized spacial score (nSPS) is 12.0. The Morgan fingerprint density at radius 1 is 0.370 bits per heavy atom. The lowest BCUT2D eigenvalue weighted by molar-refractivity contribution is 0.345. The minimum atomic E-state index is -0.416. The highest BCUT2D eigenvalue weighted by molar-refractivity contribution is 4.76. The zero-order valence-corrected chi connectivity index (χ0v) is 19.2. The van der Waals surface area contributed by atoms with Crippen LogP contribution in [0.2, 0.25) is 0 Å². The Kier molecular flexibility index (Phi) is 20.6. The van der Waals surface area contributed by atoms with Crippen LogP contribution in [0, 0.1) is 0 Å². The Morgan fingerprint density at radius 2 is 0.593 bits per heavy atom. The summed E-state index contributed by atoms with van der Waals surface area (Å²) in [6, 6.07) is 0. The summed E-state index contributed by atoms with van der Waals surface area (Å²) >= 11 is 0. The van der Waals surface area contributed by atoms with Crippen molar-refractivity contribution in [3.63, 3.8) is 0 Å².